The first-order valence-corrected chi connectivity index (χ1v) is 8.60. The van der Waals surface area contributed by atoms with E-state index in [1.807, 2.05) is 6.07 Å². The van der Waals surface area contributed by atoms with E-state index in [1.54, 1.807) is 12.1 Å². The van der Waals surface area contributed by atoms with Crippen molar-refractivity contribution in [3.8, 4) is 0 Å². The van der Waals surface area contributed by atoms with Crippen LogP contribution in [-0.4, -0.2) is 46.0 Å². The van der Waals surface area contributed by atoms with Crippen LogP contribution in [0.5, 0.6) is 0 Å². The summed E-state index contributed by atoms with van der Waals surface area (Å²) in [5.41, 5.74) is 2.15. The van der Waals surface area contributed by atoms with Crippen LogP contribution in [0.1, 0.15) is 18.4 Å². The molecule has 0 amide bonds. The first-order valence-electron chi connectivity index (χ1n) is 7.12. The number of likely N-dealkylation sites (tertiary alicyclic amines) is 1. The van der Waals surface area contributed by atoms with Crippen LogP contribution in [0.15, 0.2) is 23.1 Å². The number of sulfonamides is 1. The standard InChI is InChI=1S/C14H21N3O2S/c1-17-8-5-12(6-9-17)16-20(18,19)13-3-2-11-4-7-15-14(11)10-13/h2-3,10,12,15-16H,4-9H2,1H3. The lowest BCUT2D eigenvalue weighted by Crippen LogP contribution is -2.43. The molecule has 0 atom stereocenters. The van der Waals surface area contributed by atoms with E-state index >= 15 is 0 Å². The zero-order chi connectivity index (χ0) is 14.2. The quantitative estimate of drug-likeness (QED) is 0.874. The van der Waals surface area contributed by atoms with E-state index in [0.29, 0.717) is 4.90 Å². The number of benzene rings is 1. The third-order valence-corrected chi connectivity index (χ3v) is 5.66. The van der Waals surface area contributed by atoms with Crippen LogP contribution >= 0.6 is 0 Å². The lowest BCUT2D eigenvalue weighted by molar-refractivity contribution is 0.248. The van der Waals surface area contributed by atoms with Gasteiger partial charge >= 0.3 is 0 Å². The Labute approximate surface area is 120 Å². The zero-order valence-corrected chi connectivity index (χ0v) is 12.5. The van der Waals surface area contributed by atoms with Gasteiger partial charge in [-0.05, 0) is 57.1 Å². The zero-order valence-electron chi connectivity index (χ0n) is 11.7. The lowest BCUT2D eigenvalue weighted by atomic mass is 10.1. The summed E-state index contributed by atoms with van der Waals surface area (Å²) in [6, 6.07) is 5.43. The largest absolute Gasteiger partial charge is 0.384 e. The molecule has 0 aliphatic carbocycles. The van der Waals surface area contributed by atoms with E-state index in [9.17, 15) is 8.42 Å². The van der Waals surface area contributed by atoms with Crippen LogP contribution < -0.4 is 10.0 Å². The molecule has 1 aromatic carbocycles. The normalized spacial score (nSPS) is 20.6. The Morgan fingerprint density at radius 2 is 2.05 bits per heavy atom. The van der Waals surface area contributed by atoms with Crippen molar-refractivity contribution in [2.24, 2.45) is 0 Å². The number of hydrogen-bond donors (Lipinski definition) is 2. The minimum atomic E-state index is -3.41. The average molecular weight is 295 g/mol. The molecule has 3 rings (SSSR count). The number of fused-ring (bicyclic) bond motifs is 1. The van der Waals surface area contributed by atoms with E-state index in [4.69, 9.17) is 0 Å². The number of nitrogens with one attached hydrogen (secondary N) is 2. The lowest BCUT2D eigenvalue weighted by Gasteiger charge is -2.29. The van der Waals surface area contributed by atoms with Crippen molar-refractivity contribution in [2.75, 3.05) is 32.0 Å². The Morgan fingerprint density at radius 1 is 1.30 bits per heavy atom. The second-order valence-electron chi connectivity index (χ2n) is 5.69. The number of piperidine rings is 1. The van der Waals surface area contributed by atoms with Crippen molar-refractivity contribution in [2.45, 2.75) is 30.2 Å². The molecule has 2 N–H and O–H groups in total. The van der Waals surface area contributed by atoms with Gasteiger partial charge in [-0.3, -0.25) is 0 Å². The second-order valence-corrected chi connectivity index (χ2v) is 7.41. The maximum absolute atomic E-state index is 12.4. The van der Waals surface area contributed by atoms with Gasteiger partial charge in [0.05, 0.1) is 4.90 Å². The summed E-state index contributed by atoms with van der Waals surface area (Å²) in [6.45, 7) is 2.78. The van der Waals surface area contributed by atoms with Gasteiger partial charge in [0, 0.05) is 18.3 Å². The van der Waals surface area contributed by atoms with Crippen LogP contribution in [0.4, 0.5) is 5.69 Å². The fraction of sp³-hybridized carbons (Fsp3) is 0.571. The van der Waals surface area contributed by atoms with Crippen molar-refractivity contribution in [1.29, 1.82) is 0 Å². The minimum absolute atomic E-state index is 0.0532. The molecule has 1 aromatic rings. The first kappa shape index (κ1) is 13.9. The Hall–Kier alpha value is -1.11. The van der Waals surface area contributed by atoms with E-state index < -0.39 is 10.0 Å². The number of hydrogen-bond acceptors (Lipinski definition) is 4. The predicted octanol–water partition coefficient (Wildman–Crippen LogP) is 1.03. The van der Waals surface area contributed by atoms with Gasteiger partial charge in [-0.1, -0.05) is 6.07 Å². The molecule has 5 nitrogen and oxygen atoms in total. The highest BCUT2D eigenvalue weighted by atomic mass is 32.2. The van der Waals surface area contributed by atoms with E-state index in [2.05, 4.69) is 22.0 Å². The Balaban J connectivity index is 1.75. The maximum Gasteiger partial charge on any atom is 0.240 e. The van der Waals surface area contributed by atoms with Gasteiger partial charge in [-0.15, -0.1) is 0 Å². The Morgan fingerprint density at radius 3 is 2.80 bits per heavy atom. The van der Waals surface area contributed by atoms with Gasteiger partial charge in [0.1, 0.15) is 0 Å². The van der Waals surface area contributed by atoms with Crippen LogP contribution in [0.2, 0.25) is 0 Å². The van der Waals surface area contributed by atoms with Gasteiger partial charge in [-0.25, -0.2) is 13.1 Å². The first-order chi connectivity index (χ1) is 9.54. The molecular formula is C14H21N3O2S. The van der Waals surface area contributed by atoms with Crippen LogP contribution in [0.3, 0.4) is 0 Å². The van der Waals surface area contributed by atoms with Gasteiger partial charge < -0.3 is 10.2 Å². The summed E-state index contributed by atoms with van der Waals surface area (Å²) in [7, 11) is -1.34. The molecule has 0 saturated carbocycles. The number of anilines is 1. The van der Waals surface area contributed by atoms with Crippen molar-refractivity contribution < 1.29 is 8.42 Å². The molecule has 6 heteroatoms. The van der Waals surface area contributed by atoms with Gasteiger partial charge in [0.2, 0.25) is 10.0 Å². The SMILES string of the molecule is CN1CCC(NS(=O)(=O)c2ccc3c(c2)NCC3)CC1. The van der Waals surface area contributed by atoms with Gasteiger partial charge in [0.15, 0.2) is 0 Å². The topological polar surface area (TPSA) is 61.4 Å². The second kappa shape index (κ2) is 5.35. The van der Waals surface area contributed by atoms with Crippen LogP contribution in [0, 0.1) is 0 Å². The van der Waals surface area contributed by atoms with Crippen LogP contribution in [0.25, 0.3) is 0 Å². The maximum atomic E-state index is 12.4. The third-order valence-electron chi connectivity index (χ3n) is 4.14. The highest BCUT2D eigenvalue weighted by Gasteiger charge is 2.24. The van der Waals surface area contributed by atoms with Gasteiger partial charge in [-0.2, -0.15) is 0 Å². The monoisotopic (exact) mass is 295 g/mol. The molecule has 2 aliphatic heterocycles. The number of rotatable bonds is 3. The highest BCUT2D eigenvalue weighted by molar-refractivity contribution is 7.89. The minimum Gasteiger partial charge on any atom is -0.384 e. The molecule has 0 bridgehead atoms. The van der Waals surface area contributed by atoms with Crippen molar-refractivity contribution in [3.05, 3.63) is 23.8 Å². The number of nitrogens with zero attached hydrogens (tertiary/aromatic N) is 1. The molecule has 1 fully saturated rings. The molecule has 0 aromatic heterocycles. The summed E-state index contributed by atoms with van der Waals surface area (Å²) in [4.78, 5) is 2.59. The van der Waals surface area contributed by atoms with E-state index in [0.717, 1.165) is 44.6 Å². The molecule has 2 heterocycles. The molecule has 0 spiro atoms. The molecule has 110 valence electrons. The van der Waals surface area contributed by atoms with Crippen molar-refractivity contribution in [1.82, 2.24) is 9.62 Å². The fourth-order valence-corrected chi connectivity index (χ4v) is 4.18. The Kier molecular flexibility index (Phi) is 3.70. The average Bonchev–Trinajstić information content (AvgIpc) is 2.88. The van der Waals surface area contributed by atoms with Gasteiger partial charge in [0.25, 0.3) is 0 Å². The summed E-state index contributed by atoms with van der Waals surface area (Å²) in [6.07, 6.45) is 2.72. The smallest absolute Gasteiger partial charge is 0.240 e. The van der Waals surface area contributed by atoms with Crippen LogP contribution in [-0.2, 0) is 16.4 Å². The summed E-state index contributed by atoms with van der Waals surface area (Å²) >= 11 is 0. The molecule has 0 unspecified atom stereocenters. The third kappa shape index (κ3) is 2.82. The van der Waals surface area contributed by atoms with Crippen molar-refractivity contribution >= 4 is 15.7 Å². The van der Waals surface area contributed by atoms with E-state index in [1.165, 1.54) is 5.56 Å². The highest BCUT2D eigenvalue weighted by Crippen LogP contribution is 2.25. The van der Waals surface area contributed by atoms with E-state index in [-0.39, 0.29) is 6.04 Å². The molecule has 2 aliphatic rings. The molecule has 0 radical (unpaired) electrons. The Bertz CT molecular complexity index is 592. The summed E-state index contributed by atoms with van der Waals surface area (Å²) < 4.78 is 27.7. The summed E-state index contributed by atoms with van der Waals surface area (Å²) in [5, 5.41) is 3.22. The van der Waals surface area contributed by atoms with Crippen molar-refractivity contribution in [3.63, 3.8) is 0 Å². The molecule has 20 heavy (non-hydrogen) atoms. The molecular weight excluding hydrogens is 274 g/mol. The summed E-state index contributed by atoms with van der Waals surface area (Å²) in [5.74, 6) is 0. The predicted molar refractivity (Wildman–Crippen MR) is 79.5 cm³/mol. The fourth-order valence-electron chi connectivity index (χ4n) is 2.85. The molecule has 1 saturated heterocycles.